The Kier molecular flexibility index (Phi) is 2.81. The maximum Gasteiger partial charge on any atom is 0.155 e. The standard InChI is InChI=1S/C19H26O2/c1-18-9-7-13(20)11-12(18)3-4-14-15-5-6-17(21)19(15,2)10-8-16(14)18/h11,14-16H,3-10H2,1-2H3/t14-,15?,16?,18?,19?/m0/s1. The zero-order valence-corrected chi connectivity index (χ0v) is 13.3. The Labute approximate surface area is 127 Å². The summed E-state index contributed by atoms with van der Waals surface area (Å²) < 4.78 is 0. The first-order valence-electron chi connectivity index (χ1n) is 8.72. The molecule has 4 rings (SSSR count). The molecule has 4 aliphatic rings. The van der Waals surface area contributed by atoms with Crippen molar-refractivity contribution in [2.75, 3.05) is 0 Å². The fourth-order valence-electron chi connectivity index (χ4n) is 6.33. The van der Waals surface area contributed by atoms with Crippen molar-refractivity contribution in [3.63, 3.8) is 0 Å². The van der Waals surface area contributed by atoms with Crippen LogP contribution in [0.1, 0.15) is 65.2 Å². The van der Waals surface area contributed by atoms with Crippen LogP contribution in [0.25, 0.3) is 0 Å². The van der Waals surface area contributed by atoms with E-state index in [2.05, 4.69) is 13.8 Å². The van der Waals surface area contributed by atoms with Crippen LogP contribution in [0.5, 0.6) is 0 Å². The Morgan fingerprint density at radius 2 is 1.67 bits per heavy atom. The van der Waals surface area contributed by atoms with Crippen LogP contribution in [0.3, 0.4) is 0 Å². The summed E-state index contributed by atoms with van der Waals surface area (Å²) in [5, 5.41) is 0. The van der Waals surface area contributed by atoms with Crippen LogP contribution >= 0.6 is 0 Å². The van der Waals surface area contributed by atoms with E-state index in [1.807, 2.05) is 6.08 Å². The molecule has 21 heavy (non-hydrogen) atoms. The Balaban J connectivity index is 1.70. The first-order valence-corrected chi connectivity index (χ1v) is 8.72. The highest BCUT2D eigenvalue weighted by Crippen LogP contribution is 2.64. The zero-order chi connectivity index (χ0) is 14.8. The molecule has 0 aliphatic heterocycles. The second-order valence-electron chi connectivity index (χ2n) is 8.39. The third kappa shape index (κ3) is 1.71. The number of ketones is 2. The van der Waals surface area contributed by atoms with Gasteiger partial charge in [0.15, 0.2) is 5.78 Å². The largest absolute Gasteiger partial charge is 0.299 e. The summed E-state index contributed by atoms with van der Waals surface area (Å²) in [5.41, 5.74) is 1.64. The van der Waals surface area contributed by atoms with Crippen LogP contribution in [-0.2, 0) is 9.59 Å². The molecule has 0 aromatic carbocycles. The van der Waals surface area contributed by atoms with E-state index in [0.717, 1.165) is 38.5 Å². The molecular formula is C19H26O2. The summed E-state index contributed by atoms with van der Waals surface area (Å²) in [7, 11) is 0. The second kappa shape index (κ2) is 4.30. The van der Waals surface area contributed by atoms with Crippen molar-refractivity contribution in [2.24, 2.45) is 28.6 Å². The normalized spacial score (nSPS) is 49.2. The van der Waals surface area contributed by atoms with Gasteiger partial charge in [-0.2, -0.15) is 0 Å². The third-order valence-corrected chi connectivity index (χ3v) is 7.67. The van der Waals surface area contributed by atoms with Gasteiger partial charge in [-0.3, -0.25) is 9.59 Å². The molecule has 0 amide bonds. The highest BCUT2D eigenvalue weighted by Gasteiger charge is 2.58. The van der Waals surface area contributed by atoms with Crippen molar-refractivity contribution in [3.05, 3.63) is 11.6 Å². The summed E-state index contributed by atoms with van der Waals surface area (Å²) in [6.07, 6.45) is 10.2. The molecule has 3 saturated carbocycles. The van der Waals surface area contributed by atoms with Gasteiger partial charge >= 0.3 is 0 Å². The molecule has 0 heterocycles. The van der Waals surface area contributed by atoms with Gasteiger partial charge in [-0.05, 0) is 67.8 Å². The molecule has 2 heteroatoms. The summed E-state index contributed by atoms with van der Waals surface area (Å²) in [5.74, 6) is 2.88. The van der Waals surface area contributed by atoms with Gasteiger partial charge in [0.1, 0.15) is 5.78 Å². The third-order valence-electron chi connectivity index (χ3n) is 7.67. The lowest BCUT2D eigenvalue weighted by atomic mass is 9.47. The quantitative estimate of drug-likeness (QED) is 0.672. The van der Waals surface area contributed by atoms with Gasteiger partial charge in [0, 0.05) is 18.3 Å². The van der Waals surface area contributed by atoms with Crippen molar-refractivity contribution >= 4 is 11.6 Å². The predicted octanol–water partition coefficient (Wildman–Crippen LogP) is 4.09. The molecule has 114 valence electrons. The highest BCUT2D eigenvalue weighted by atomic mass is 16.1. The van der Waals surface area contributed by atoms with E-state index in [-0.39, 0.29) is 10.8 Å². The molecule has 0 N–H and O–H groups in total. The molecule has 5 atom stereocenters. The van der Waals surface area contributed by atoms with E-state index in [1.165, 1.54) is 18.4 Å². The number of rotatable bonds is 0. The zero-order valence-electron chi connectivity index (χ0n) is 13.3. The number of carbonyl (C=O) groups excluding carboxylic acids is 2. The summed E-state index contributed by atoms with van der Waals surface area (Å²) in [6, 6.07) is 0. The lowest BCUT2D eigenvalue weighted by Gasteiger charge is -2.56. The summed E-state index contributed by atoms with van der Waals surface area (Å²) in [6.45, 7) is 4.64. The molecule has 0 bridgehead atoms. The monoisotopic (exact) mass is 286 g/mol. The van der Waals surface area contributed by atoms with Gasteiger partial charge < -0.3 is 0 Å². The van der Waals surface area contributed by atoms with Crippen molar-refractivity contribution in [3.8, 4) is 0 Å². The first-order chi connectivity index (χ1) is 9.95. The fraction of sp³-hybridized carbons (Fsp3) is 0.789. The maximum absolute atomic E-state index is 12.4. The van der Waals surface area contributed by atoms with Gasteiger partial charge in [-0.25, -0.2) is 0 Å². The van der Waals surface area contributed by atoms with Gasteiger partial charge in [0.2, 0.25) is 0 Å². The number of Topliss-reactive ketones (excluding diaryl/α,β-unsaturated/α-hetero) is 1. The van der Waals surface area contributed by atoms with Crippen LogP contribution in [0.15, 0.2) is 11.6 Å². The number of fused-ring (bicyclic) bond motifs is 5. The predicted molar refractivity (Wildman–Crippen MR) is 81.7 cm³/mol. The average molecular weight is 286 g/mol. The summed E-state index contributed by atoms with van der Waals surface area (Å²) in [4.78, 5) is 24.1. The van der Waals surface area contributed by atoms with Gasteiger partial charge in [0.25, 0.3) is 0 Å². The van der Waals surface area contributed by atoms with E-state index in [1.54, 1.807) is 0 Å². The number of carbonyl (C=O) groups is 2. The van der Waals surface area contributed by atoms with Gasteiger partial charge in [0.05, 0.1) is 0 Å². The fourth-order valence-corrected chi connectivity index (χ4v) is 6.33. The minimum Gasteiger partial charge on any atom is -0.299 e. The van der Waals surface area contributed by atoms with E-state index in [9.17, 15) is 9.59 Å². The Morgan fingerprint density at radius 3 is 2.48 bits per heavy atom. The van der Waals surface area contributed by atoms with E-state index in [0.29, 0.717) is 29.3 Å². The lowest BCUT2D eigenvalue weighted by molar-refractivity contribution is -0.132. The Bertz CT molecular complexity index is 546. The smallest absolute Gasteiger partial charge is 0.155 e. The maximum atomic E-state index is 12.4. The molecule has 0 radical (unpaired) electrons. The van der Waals surface area contributed by atoms with Gasteiger partial charge in [-0.1, -0.05) is 19.4 Å². The topological polar surface area (TPSA) is 34.1 Å². The summed E-state index contributed by atoms with van der Waals surface area (Å²) >= 11 is 0. The van der Waals surface area contributed by atoms with Crippen molar-refractivity contribution < 1.29 is 9.59 Å². The second-order valence-corrected chi connectivity index (χ2v) is 8.39. The lowest BCUT2D eigenvalue weighted by Crippen LogP contribution is -2.50. The van der Waals surface area contributed by atoms with Crippen LogP contribution in [-0.4, -0.2) is 11.6 Å². The van der Waals surface area contributed by atoms with Crippen molar-refractivity contribution in [1.29, 1.82) is 0 Å². The Hall–Kier alpha value is -0.920. The average Bonchev–Trinajstić information content (AvgIpc) is 2.76. The molecule has 4 aliphatic carbocycles. The first kappa shape index (κ1) is 13.7. The number of allylic oxidation sites excluding steroid dienone is 1. The SMILES string of the molecule is CC12CCC3[C@@H](CCC4=CC(=O)CCC43C)C1CCC2=O. The van der Waals surface area contributed by atoms with Crippen LogP contribution < -0.4 is 0 Å². The van der Waals surface area contributed by atoms with Crippen LogP contribution in [0, 0.1) is 28.6 Å². The van der Waals surface area contributed by atoms with E-state index < -0.39 is 0 Å². The van der Waals surface area contributed by atoms with Crippen LogP contribution in [0.4, 0.5) is 0 Å². The number of hydrogen-bond donors (Lipinski definition) is 0. The molecular weight excluding hydrogens is 260 g/mol. The van der Waals surface area contributed by atoms with Crippen molar-refractivity contribution in [2.45, 2.75) is 65.2 Å². The van der Waals surface area contributed by atoms with Gasteiger partial charge in [-0.15, -0.1) is 0 Å². The molecule has 2 nitrogen and oxygen atoms in total. The molecule has 0 aromatic heterocycles. The molecule has 0 spiro atoms. The molecule has 4 unspecified atom stereocenters. The Morgan fingerprint density at radius 1 is 0.905 bits per heavy atom. The minimum absolute atomic E-state index is 0.0246. The molecule has 0 saturated heterocycles. The molecule has 3 fully saturated rings. The van der Waals surface area contributed by atoms with Crippen molar-refractivity contribution in [1.82, 2.24) is 0 Å². The van der Waals surface area contributed by atoms with Crippen LogP contribution in [0.2, 0.25) is 0 Å². The number of hydrogen-bond acceptors (Lipinski definition) is 2. The molecule has 0 aromatic rings. The van der Waals surface area contributed by atoms with E-state index in [4.69, 9.17) is 0 Å². The van der Waals surface area contributed by atoms with E-state index >= 15 is 0 Å². The minimum atomic E-state index is -0.0246. The highest BCUT2D eigenvalue weighted by molar-refractivity contribution is 5.91.